The molecule has 2 rings (SSSR count). The molecule has 0 aromatic heterocycles. The number of benzene rings is 1. The van der Waals surface area contributed by atoms with Crippen LogP contribution >= 0.6 is 0 Å². The van der Waals surface area contributed by atoms with E-state index < -0.39 is 10.0 Å². The number of likely N-dealkylation sites (N-methyl/N-ethyl adjacent to an activating group) is 1. The summed E-state index contributed by atoms with van der Waals surface area (Å²) < 4.78 is 27.7. The Morgan fingerprint density at radius 2 is 2.00 bits per heavy atom. The summed E-state index contributed by atoms with van der Waals surface area (Å²) >= 11 is 0. The largest absolute Gasteiger partial charge is 0.316 e. The van der Waals surface area contributed by atoms with Crippen LogP contribution in [0.2, 0.25) is 0 Å². The molecule has 0 saturated carbocycles. The van der Waals surface area contributed by atoms with Gasteiger partial charge in [-0.05, 0) is 50.7 Å². The molecule has 0 amide bonds. The van der Waals surface area contributed by atoms with E-state index in [1.807, 2.05) is 19.2 Å². The van der Waals surface area contributed by atoms with Crippen LogP contribution in [-0.4, -0.2) is 46.0 Å². The molecule has 1 aromatic rings. The van der Waals surface area contributed by atoms with Gasteiger partial charge in [0.15, 0.2) is 0 Å². The average Bonchev–Trinajstić information content (AvgIpc) is 2.48. The highest BCUT2D eigenvalue weighted by Crippen LogP contribution is 2.15. The normalized spacial score (nSPS) is 20.6. The predicted octanol–water partition coefficient (Wildman–Crippen LogP) is 1.17. The van der Waals surface area contributed by atoms with Gasteiger partial charge in [-0.15, -0.1) is 0 Å². The number of sulfonamides is 1. The molecule has 5 nitrogen and oxygen atoms in total. The standard InChI is InChI=1S/C15H25N3O2S/c1-3-18-10-4-5-14(12-18)17-21(19,20)15-8-6-13(7-9-15)11-16-2/h6-9,14,16-17H,3-5,10-12H2,1-2H3. The highest BCUT2D eigenvalue weighted by Gasteiger charge is 2.24. The number of hydrogen-bond donors (Lipinski definition) is 2. The van der Waals surface area contributed by atoms with Crippen molar-refractivity contribution in [2.45, 2.75) is 37.2 Å². The van der Waals surface area contributed by atoms with Gasteiger partial charge in [0, 0.05) is 19.1 Å². The molecule has 0 radical (unpaired) electrons. The minimum Gasteiger partial charge on any atom is -0.316 e. The summed E-state index contributed by atoms with van der Waals surface area (Å²) in [6, 6.07) is 7.07. The molecular weight excluding hydrogens is 286 g/mol. The second kappa shape index (κ2) is 7.35. The van der Waals surface area contributed by atoms with Gasteiger partial charge in [-0.3, -0.25) is 0 Å². The molecule has 1 aliphatic rings. The van der Waals surface area contributed by atoms with Gasteiger partial charge in [-0.25, -0.2) is 13.1 Å². The number of piperidine rings is 1. The third-order valence-electron chi connectivity index (χ3n) is 3.89. The fourth-order valence-corrected chi connectivity index (χ4v) is 3.98. The van der Waals surface area contributed by atoms with Crippen molar-refractivity contribution >= 4 is 10.0 Å². The van der Waals surface area contributed by atoms with Crippen LogP contribution in [-0.2, 0) is 16.6 Å². The predicted molar refractivity (Wildman–Crippen MR) is 84.7 cm³/mol. The SMILES string of the molecule is CCN1CCCC(NS(=O)(=O)c2ccc(CNC)cc2)C1. The monoisotopic (exact) mass is 311 g/mol. The molecule has 1 aliphatic heterocycles. The third kappa shape index (κ3) is 4.51. The van der Waals surface area contributed by atoms with E-state index in [9.17, 15) is 8.42 Å². The molecule has 0 bridgehead atoms. The van der Waals surface area contributed by atoms with Crippen molar-refractivity contribution in [1.29, 1.82) is 0 Å². The van der Waals surface area contributed by atoms with Crippen LogP contribution in [0.25, 0.3) is 0 Å². The van der Waals surface area contributed by atoms with Gasteiger partial charge >= 0.3 is 0 Å². The van der Waals surface area contributed by atoms with Crippen molar-refractivity contribution in [2.75, 3.05) is 26.7 Å². The molecule has 1 saturated heterocycles. The van der Waals surface area contributed by atoms with E-state index in [4.69, 9.17) is 0 Å². The lowest BCUT2D eigenvalue weighted by atomic mass is 10.1. The van der Waals surface area contributed by atoms with Crippen molar-refractivity contribution in [3.63, 3.8) is 0 Å². The zero-order valence-electron chi connectivity index (χ0n) is 12.8. The second-order valence-corrected chi connectivity index (χ2v) is 7.24. The number of likely N-dealkylation sites (tertiary alicyclic amines) is 1. The first-order valence-electron chi connectivity index (χ1n) is 7.53. The van der Waals surface area contributed by atoms with Gasteiger partial charge in [0.25, 0.3) is 0 Å². The summed E-state index contributed by atoms with van der Waals surface area (Å²) in [5.41, 5.74) is 1.08. The van der Waals surface area contributed by atoms with E-state index >= 15 is 0 Å². The Kier molecular flexibility index (Phi) is 5.75. The van der Waals surface area contributed by atoms with Crippen molar-refractivity contribution < 1.29 is 8.42 Å². The highest BCUT2D eigenvalue weighted by atomic mass is 32.2. The summed E-state index contributed by atoms with van der Waals surface area (Å²) in [6.07, 6.45) is 1.95. The molecule has 6 heteroatoms. The van der Waals surface area contributed by atoms with Gasteiger partial charge in [-0.1, -0.05) is 19.1 Å². The van der Waals surface area contributed by atoms with Crippen molar-refractivity contribution in [3.05, 3.63) is 29.8 Å². The Balaban J connectivity index is 2.03. The minimum absolute atomic E-state index is 0.0145. The Morgan fingerprint density at radius 1 is 1.29 bits per heavy atom. The minimum atomic E-state index is -3.42. The molecule has 0 aliphatic carbocycles. The summed E-state index contributed by atoms with van der Waals surface area (Å²) in [6.45, 7) is 5.68. The molecule has 118 valence electrons. The first-order chi connectivity index (χ1) is 10.0. The number of rotatable bonds is 6. The Hall–Kier alpha value is -0.950. The van der Waals surface area contributed by atoms with Crippen LogP contribution < -0.4 is 10.0 Å². The Labute approximate surface area is 127 Å². The van der Waals surface area contributed by atoms with Crippen LogP contribution in [0.1, 0.15) is 25.3 Å². The molecule has 21 heavy (non-hydrogen) atoms. The van der Waals surface area contributed by atoms with E-state index in [-0.39, 0.29) is 6.04 Å². The van der Waals surface area contributed by atoms with E-state index in [0.717, 1.165) is 44.6 Å². The molecule has 2 N–H and O–H groups in total. The van der Waals surface area contributed by atoms with E-state index in [2.05, 4.69) is 21.9 Å². The zero-order valence-corrected chi connectivity index (χ0v) is 13.6. The number of hydrogen-bond acceptors (Lipinski definition) is 4. The smallest absolute Gasteiger partial charge is 0.240 e. The van der Waals surface area contributed by atoms with E-state index in [1.54, 1.807) is 12.1 Å². The lowest BCUT2D eigenvalue weighted by Gasteiger charge is -2.32. The van der Waals surface area contributed by atoms with Gasteiger partial charge in [0.05, 0.1) is 4.90 Å². The van der Waals surface area contributed by atoms with Gasteiger partial charge in [0.2, 0.25) is 10.0 Å². The fraction of sp³-hybridized carbons (Fsp3) is 0.600. The third-order valence-corrected chi connectivity index (χ3v) is 5.43. The first-order valence-corrected chi connectivity index (χ1v) is 9.01. The zero-order chi connectivity index (χ0) is 15.3. The van der Waals surface area contributed by atoms with Crippen LogP contribution in [0.15, 0.2) is 29.2 Å². The fourth-order valence-electron chi connectivity index (χ4n) is 2.72. The van der Waals surface area contributed by atoms with Gasteiger partial charge in [0.1, 0.15) is 0 Å². The lowest BCUT2D eigenvalue weighted by Crippen LogP contribution is -2.47. The van der Waals surface area contributed by atoms with Crippen LogP contribution in [0.5, 0.6) is 0 Å². The first kappa shape index (κ1) is 16.4. The molecular formula is C15H25N3O2S. The van der Waals surface area contributed by atoms with Gasteiger partial charge < -0.3 is 10.2 Å². The van der Waals surface area contributed by atoms with Crippen LogP contribution in [0, 0.1) is 0 Å². The van der Waals surface area contributed by atoms with Gasteiger partial charge in [-0.2, -0.15) is 0 Å². The lowest BCUT2D eigenvalue weighted by molar-refractivity contribution is 0.211. The molecule has 0 spiro atoms. The molecule has 1 unspecified atom stereocenters. The summed E-state index contributed by atoms with van der Waals surface area (Å²) in [7, 11) is -1.55. The number of nitrogens with one attached hydrogen (secondary N) is 2. The van der Waals surface area contributed by atoms with Crippen LogP contribution in [0.3, 0.4) is 0 Å². The highest BCUT2D eigenvalue weighted by molar-refractivity contribution is 7.89. The van der Waals surface area contributed by atoms with Crippen molar-refractivity contribution in [1.82, 2.24) is 14.9 Å². The average molecular weight is 311 g/mol. The van der Waals surface area contributed by atoms with E-state index in [1.165, 1.54) is 0 Å². The Bertz CT molecular complexity index is 543. The summed E-state index contributed by atoms with van der Waals surface area (Å²) in [5.74, 6) is 0. The molecule has 1 atom stereocenters. The van der Waals surface area contributed by atoms with E-state index in [0.29, 0.717) is 4.90 Å². The van der Waals surface area contributed by atoms with Crippen molar-refractivity contribution in [3.8, 4) is 0 Å². The maximum Gasteiger partial charge on any atom is 0.240 e. The molecule has 1 aromatic carbocycles. The quantitative estimate of drug-likeness (QED) is 0.828. The topological polar surface area (TPSA) is 61.4 Å². The second-order valence-electron chi connectivity index (χ2n) is 5.53. The molecule has 1 fully saturated rings. The summed E-state index contributed by atoms with van der Waals surface area (Å²) in [5, 5.41) is 3.05. The maximum atomic E-state index is 12.4. The maximum absolute atomic E-state index is 12.4. The van der Waals surface area contributed by atoms with Crippen molar-refractivity contribution in [2.24, 2.45) is 0 Å². The van der Waals surface area contributed by atoms with Crippen LogP contribution in [0.4, 0.5) is 0 Å². The number of nitrogens with zero attached hydrogens (tertiary/aromatic N) is 1. The summed E-state index contributed by atoms with van der Waals surface area (Å²) in [4.78, 5) is 2.63. The Morgan fingerprint density at radius 3 is 2.62 bits per heavy atom. The molecule has 1 heterocycles.